The zero-order chi connectivity index (χ0) is 15.5. The standard InChI is InChI=1S/C13H19N3O3S2/c1-3-16-7-12(6-11(16)8-17)21(18,19)14-5-4-13-15-10(2)9-20-13/h6-7,9,14,17H,3-5,8H2,1-2H3. The van der Waals surface area contributed by atoms with Gasteiger partial charge in [-0.1, -0.05) is 0 Å². The lowest BCUT2D eigenvalue weighted by Gasteiger charge is -2.03. The van der Waals surface area contributed by atoms with Crippen molar-refractivity contribution in [3.05, 3.63) is 34.0 Å². The van der Waals surface area contributed by atoms with Crippen molar-refractivity contribution in [3.8, 4) is 0 Å². The van der Waals surface area contributed by atoms with Gasteiger partial charge in [-0.25, -0.2) is 18.1 Å². The van der Waals surface area contributed by atoms with E-state index >= 15 is 0 Å². The lowest BCUT2D eigenvalue weighted by molar-refractivity contribution is 0.271. The summed E-state index contributed by atoms with van der Waals surface area (Å²) in [4.78, 5) is 4.48. The highest BCUT2D eigenvalue weighted by Crippen LogP contribution is 2.15. The molecule has 0 spiro atoms. The molecule has 2 aromatic heterocycles. The summed E-state index contributed by atoms with van der Waals surface area (Å²) >= 11 is 1.53. The first-order valence-corrected chi connectivity index (χ1v) is 9.03. The number of rotatable bonds is 7. The fourth-order valence-corrected chi connectivity index (χ4v) is 3.86. The summed E-state index contributed by atoms with van der Waals surface area (Å²) in [6.07, 6.45) is 2.11. The summed E-state index contributed by atoms with van der Waals surface area (Å²) in [5.41, 5.74) is 1.54. The third-order valence-corrected chi connectivity index (χ3v) is 5.53. The molecular weight excluding hydrogens is 310 g/mol. The molecule has 0 aromatic carbocycles. The van der Waals surface area contributed by atoms with E-state index in [0.29, 0.717) is 25.2 Å². The van der Waals surface area contributed by atoms with Crippen LogP contribution < -0.4 is 4.72 Å². The number of hydrogen-bond acceptors (Lipinski definition) is 5. The average Bonchev–Trinajstić information content (AvgIpc) is 3.04. The van der Waals surface area contributed by atoms with Crippen LogP contribution in [0.3, 0.4) is 0 Å². The summed E-state index contributed by atoms with van der Waals surface area (Å²) in [6.45, 7) is 4.55. The van der Waals surface area contributed by atoms with Crippen LogP contribution in [0.5, 0.6) is 0 Å². The van der Waals surface area contributed by atoms with Gasteiger partial charge in [-0.3, -0.25) is 0 Å². The predicted octanol–water partition coefficient (Wildman–Crippen LogP) is 1.29. The maximum absolute atomic E-state index is 12.2. The number of hydrogen-bond donors (Lipinski definition) is 2. The highest BCUT2D eigenvalue weighted by molar-refractivity contribution is 7.89. The second-order valence-corrected chi connectivity index (χ2v) is 7.35. The molecule has 0 saturated carbocycles. The zero-order valence-electron chi connectivity index (χ0n) is 12.0. The first-order valence-electron chi connectivity index (χ1n) is 6.67. The number of aliphatic hydroxyl groups excluding tert-OH is 1. The normalized spacial score (nSPS) is 12.0. The number of aryl methyl sites for hydroxylation is 2. The Morgan fingerprint density at radius 1 is 1.48 bits per heavy atom. The van der Waals surface area contributed by atoms with Crippen molar-refractivity contribution in [2.24, 2.45) is 0 Å². The molecule has 2 aromatic rings. The zero-order valence-corrected chi connectivity index (χ0v) is 13.7. The lowest BCUT2D eigenvalue weighted by atomic mass is 10.4. The van der Waals surface area contributed by atoms with Crippen molar-refractivity contribution < 1.29 is 13.5 Å². The first kappa shape index (κ1) is 16.2. The van der Waals surface area contributed by atoms with Gasteiger partial charge < -0.3 is 9.67 Å². The maximum Gasteiger partial charge on any atom is 0.242 e. The minimum absolute atomic E-state index is 0.179. The number of aliphatic hydroxyl groups is 1. The van der Waals surface area contributed by atoms with Crippen LogP contribution in [-0.2, 0) is 29.6 Å². The Bertz CT molecular complexity index is 683. The van der Waals surface area contributed by atoms with Crippen LogP contribution in [0, 0.1) is 6.92 Å². The van der Waals surface area contributed by atoms with Gasteiger partial charge in [-0.2, -0.15) is 0 Å². The second kappa shape index (κ2) is 6.69. The molecule has 0 amide bonds. The van der Waals surface area contributed by atoms with E-state index in [9.17, 15) is 13.5 Å². The number of nitrogens with one attached hydrogen (secondary N) is 1. The summed E-state index contributed by atoms with van der Waals surface area (Å²) in [5, 5.41) is 12.1. The molecule has 0 aliphatic heterocycles. The second-order valence-electron chi connectivity index (χ2n) is 4.64. The maximum atomic E-state index is 12.2. The largest absolute Gasteiger partial charge is 0.390 e. The van der Waals surface area contributed by atoms with Crippen molar-refractivity contribution in [1.82, 2.24) is 14.3 Å². The van der Waals surface area contributed by atoms with Crippen molar-refractivity contribution in [2.45, 2.75) is 38.3 Å². The summed E-state index contributed by atoms with van der Waals surface area (Å²) in [5.74, 6) is 0. The van der Waals surface area contributed by atoms with Crippen molar-refractivity contribution in [2.75, 3.05) is 6.54 Å². The molecule has 2 heterocycles. The van der Waals surface area contributed by atoms with E-state index in [-0.39, 0.29) is 11.5 Å². The minimum Gasteiger partial charge on any atom is -0.390 e. The molecule has 2 N–H and O–H groups in total. The van der Waals surface area contributed by atoms with E-state index in [1.165, 1.54) is 17.4 Å². The van der Waals surface area contributed by atoms with Gasteiger partial charge in [0, 0.05) is 42.5 Å². The van der Waals surface area contributed by atoms with Crippen molar-refractivity contribution >= 4 is 21.4 Å². The summed E-state index contributed by atoms with van der Waals surface area (Å²) in [6, 6.07) is 1.50. The Balaban J connectivity index is 2.02. The van der Waals surface area contributed by atoms with Gasteiger partial charge >= 0.3 is 0 Å². The van der Waals surface area contributed by atoms with Crippen molar-refractivity contribution in [1.29, 1.82) is 0 Å². The summed E-state index contributed by atoms with van der Waals surface area (Å²) < 4.78 is 28.7. The summed E-state index contributed by atoms with van der Waals surface area (Å²) in [7, 11) is -3.55. The van der Waals surface area contributed by atoms with Crippen LogP contribution in [-0.4, -0.2) is 29.6 Å². The fourth-order valence-electron chi connectivity index (χ4n) is 1.99. The Morgan fingerprint density at radius 3 is 2.76 bits per heavy atom. The Kier molecular flexibility index (Phi) is 5.15. The van der Waals surface area contributed by atoms with E-state index in [0.717, 1.165) is 10.7 Å². The molecule has 6 nitrogen and oxygen atoms in total. The molecule has 0 aliphatic rings. The van der Waals surface area contributed by atoms with Gasteiger partial charge in [-0.15, -0.1) is 11.3 Å². The van der Waals surface area contributed by atoms with Crippen LogP contribution in [0.4, 0.5) is 0 Å². The smallest absolute Gasteiger partial charge is 0.242 e. The molecular formula is C13H19N3O3S2. The topological polar surface area (TPSA) is 84.2 Å². The first-order chi connectivity index (χ1) is 9.96. The molecule has 2 rings (SSSR count). The van der Waals surface area contributed by atoms with Gasteiger partial charge in [-0.05, 0) is 19.9 Å². The van der Waals surface area contributed by atoms with E-state index in [1.54, 1.807) is 10.8 Å². The number of nitrogens with zero attached hydrogens (tertiary/aromatic N) is 2. The van der Waals surface area contributed by atoms with Gasteiger partial charge in [0.1, 0.15) is 0 Å². The Hall–Kier alpha value is -1.22. The SMILES string of the molecule is CCn1cc(S(=O)(=O)NCCc2nc(C)cs2)cc1CO. The molecule has 0 atom stereocenters. The van der Waals surface area contributed by atoms with Crippen LogP contribution in [0.15, 0.2) is 22.5 Å². The Morgan fingerprint density at radius 2 is 2.24 bits per heavy atom. The molecule has 21 heavy (non-hydrogen) atoms. The van der Waals surface area contributed by atoms with Crippen molar-refractivity contribution in [3.63, 3.8) is 0 Å². The highest BCUT2D eigenvalue weighted by Gasteiger charge is 2.17. The van der Waals surface area contributed by atoms with Gasteiger partial charge in [0.15, 0.2) is 0 Å². The van der Waals surface area contributed by atoms with E-state index in [1.807, 2.05) is 19.2 Å². The molecule has 0 aliphatic carbocycles. The molecule has 0 unspecified atom stereocenters. The van der Waals surface area contributed by atoms with Crippen LogP contribution in [0.2, 0.25) is 0 Å². The number of thiazole rings is 1. The molecule has 0 radical (unpaired) electrons. The molecule has 0 fully saturated rings. The van der Waals surface area contributed by atoms with E-state index in [4.69, 9.17) is 0 Å². The molecule has 0 bridgehead atoms. The third-order valence-electron chi connectivity index (χ3n) is 3.07. The quantitative estimate of drug-likeness (QED) is 0.801. The molecule has 116 valence electrons. The van der Waals surface area contributed by atoms with Crippen LogP contribution >= 0.6 is 11.3 Å². The minimum atomic E-state index is -3.55. The van der Waals surface area contributed by atoms with Gasteiger partial charge in [0.25, 0.3) is 0 Å². The van der Waals surface area contributed by atoms with Crippen LogP contribution in [0.25, 0.3) is 0 Å². The Labute approximate surface area is 128 Å². The van der Waals surface area contributed by atoms with E-state index in [2.05, 4.69) is 9.71 Å². The third kappa shape index (κ3) is 3.91. The lowest BCUT2D eigenvalue weighted by Crippen LogP contribution is -2.25. The number of sulfonamides is 1. The van der Waals surface area contributed by atoms with E-state index < -0.39 is 10.0 Å². The molecule has 8 heteroatoms. The molecule has 0 saturated heterocycles. The average molecular weight is 329 g/mol. The fraction of sp³-hybridized carbons (Fsp3) is 0.462. The van der Waals surface area contributed by atoms with Crippen LogP contribution in [0.1, 0.15) is 23.3 Å². The monoisotopic (exact) mass is 329 g/mol. The van der Waals surface area contributed by atoms with Gasteiger partial charge in [0.2, 0.25) is 10.0 Å². The highest BCUT2D eigenvalue weighted by atomic mass is 32.2. The predicted molar refractivity (Wildman–Crippen MR) is 81.8 cm³/mol. The van der Waals surface area contributed by atoms with Gasteiger partial charge in [0.05, 0.1) is 16.5 Å². The number of aromatic nitrogens is 2.